The molecule has 0 N–H and O–H groups in total. The van der Waals surface area contributed by atoms with Gasteiger partial charge in [0.05, 0.1) is 0 Å². The molecule has 0 radical (unpaired) electrons. The molecule has 0 atom stereocenters. The van der Waals surface area contributed by atoms with Crippen LogP contribution in [0.3, 0.4) is 0 Å². The third-order valence-electron chi connectivity index (χ3n) is 1.91. The van der Waals surface area contributed by atoms with Crippen molar-refractivity contribution in [1.29, 1.82) is 0 Å². The van der Waals surface area contributed by atoms with Crippen LogP contribution in [0.4, 0.5) is 0 Å². The van der Waals surface area contributed by atoms with Crippen LogP contribution in [0, 0.1) is 6.92 Å². The van der Waals surface area contributed by atoms with Crippen molar-refractivity contribution in [2.24, 2.45) is 0 Å². The topological polar surface area (TPSA) is 0 Å². The molecule has 0 aliphatic rings. The Kier molecular flexibility index (Phi) is 8.83. The van der Waals surface area contributed by atoms with E-state index in [-0.39, 0.29) is 0 Å². The SMILES string of the molecule is C=C/C(C)=C\C=C(/C)Br.Cc1ccc(Cl)cc1. The predicted octanol–water partition coefficient (Wildman–Crippen LogP) is 6.07. The number of aryl methyl sites for hydroxylation is 1. The summed E-state index contributed by atoms with van der Waals surface area (Å²) in [5, 5.41) is 0.801. The molecular formula is C15H18BrCl. The van der Waals surface area contributed by atoms with Crippen LogP contribution in [0.5, 0.6) is 0 Å². The zero-order chi connectivity index (χ0) is 13.3. The number of allylic oxidation sites excluding steroid dienone is 5. The van der Waals surface area contributed by atoms with Gasteiger partial charge in [0, 0.05) is 5.02 Å². The summed E-state index contributed by atoms with van der Waals surface area (Å²) in [4.78, 5) is 0. The van der Waals surface area contributed by atoms with Gasteiger partial charge in [0.1, 0.15) is 0 Å². The van der Waals surface area contributed by atoms with Gasteiger partial charge in [0.2, 0.25) is 0 Å². The van der Waals surface area contributed by atoms with Gasteiger partial charge in [-0.3, -0.25) is 0 Å². The first-order valence-electron chi connectivity index (χ1n) is 5.31. The van der Waals surface area contributed by atoms with E-state index in [0.29, 0.717) is 0 Å². The molecule has 1 rings (SSSR count). The molecule has 0 fully saturated rings. The van der Waals surface area contributed by atoms with Gasteiger partial charge >= 0.3 is 0 Å². The standard InChI is InChI=1S/C8H11Br.C7H7Cl/c1-4-7(2)5-6-8(3)9;1-6-2-4-7(8)5-3-6/h4-6H,1H2,2-3H3;2-5H,1H3/b7-5-,8-6+;. The molecule has 92 valence electrons. The average molecular weight is 314 g/mol. The van der Waals surface area contributed by atoms with Crippen LogP contribution in [-0.4, -0.2) is 0 Å². The van der Waals surface area contributed by atoms with E-state index < -0.39 is 0 Å². The van der Waals surface area contributed by atoms with Crippen molar-refractivity contribution < 1.29 is 0 Å². The van der Waals surface area contributed by atoms with Gasteiger partial charge in [0.15, 0.2) is 0 Å². The fourth-order valence-corrected chi connectivity index (χ4v) is 1.11. The minimum Gasteiger partial charge on any atom is -0.0988 e. The first kappa shape index (κ1) is 16.2. The van der Waals surface area contributed by atoms with E-state index in [2.05, 4.69) is 22.5 Å². The lowest BCUT2D eigenvalue weighted by atomic mass is 10.2. The molecule has 0 aromatic heterocycles. The molecule has 0 heterocycles. The van der Waals surface area contributed by atoms with Gasteiger partial charge in [-0.2, -0.15) is 0 Å². The van der Waals surface area contributed by atoms with E-state index in [0.717, 1.165) is 9.51 Å². The van der Waals surface area contributed by atoms with E-state index in [1.54, 1.807) is 0 Å². The monoisotopic (exact) mass is 312 g/mol. The van der Waals surface area contributed by atoms with Crippen molar-refractivity contribution in [2.75, 3.05) is 0 Å². The highest BCUT2D eigenvalue weighted by atomic mass is 79.9. The zero-order valence-corrected chi connectivity index (χ0v) is 12.8. The van der Waals surface area contributed by atoms with E-state index in [1.807, 2.05) is 63.3 Å². The minimum atomic E-state index is 0.801. The Morgan fingerprint density at radius 1 is 1.18 bits per heavy atom. The van der Waals surface area contributed by atoms with Crippen molar-refractivity contribution >= 4 is 27.5 Å². The molecule has 0 spiro atoms. The highest BCUT2D eigenvalue weighted by molar-refractivity contribution is 9.11. The van der Waals surface area contributed by atoms with E-state index in [9.17, 15) is 0 Å². The first-order chi connectivity index (χ1) is 7.95. The van der Waals surface area contributed by atoms with Crippen molar-refractivity contribution in [3.05, 3.63) is 69.7 Å². The highest BCUT2D eigenvalue weighted by Crippen LogP contribution is 2.07. The van der Waals surface area contributed by atoms with Crippen LogP contribution >= 0.6 is 27.5 Å². The Bertz CT molecular complexity index is 374. The summed E-state index contributed by atoms with van der Waals surface area (Å²) in [7, 11) is 0. The summed E-state index contributed by atoms with van der Waals surface area (Å²) in [5.41, 5.74) is 2.42. The van der Waals surface area contributed by atoms with Crippen LogP contribution in [0.1, 0.15) is 19.4 Å². The number of halogens is 2. The van der Waals surface area contributed by atoms with Crippen LogP contribution in [0.2, 0.25) is 5.02 Å². The van der Waals surface area contributed by atoms with Crippen LogP contribution in [0.25, 0.3) is 0 Å². The maximum atomic E-state index is 5.61. The maximum absolute atomic E-state index is 5.61. The molecule has 0 saturated heterocycles. The summed E-state index contributed by atoms with van der Waals surface area (Å²) >= 11 is 8.93. The molecule has 1 aromatic rings. The third-order valence-corrected chi connectivity index (χ3v) is 2.43. The number of benzene rings is 1. The number of hydrogen-bond donors (Lipinski definition) is 0. The summed E-state index contributed by atoms with van der Waals surface area (Å²) in [5.74, 6) is 0. The first-order valence-corrected chi connectivity index (χ1v) is 6.48. The maximum Gasteiger partial charge on any atom is 0.0406 e. The predicted molar refractivity (Wildman–Crippen MR) is 82.8 cm³/mol. The molecule has 1 aromatic carbocycles. The van der Waals surface area contributed by atoms with Gasteiger partial charge in [-0.05, 0) is 37.4 Å². The molecule has 0 saturated carbocycles. The molecule has 0 aliphatic carbocycles. The molecular weight excluding hydrogens is 296 g/mol. The molecule has 0 nitrogen and oxygen atoms in total. The highest BCUT2D eigenvalue weighted by Gasteiger charge is 1.81. The van der Waals surface area contributed by atoms with Crippen molar-refractivity contribution in [1.82, 2.24) is 0 Å². The van der Waals surface area contributed by atoms with Gasteiger partial charge in [0.25, 0.3) is 0 Å². The fraction of sp³-hybridized carbons (Fsp3) is 0.200. The van der Waals surface area contributed by atoms with Gasteiger partial charge < -0.3 is 0 Å². The Hall–Kier alpha value is -0.790. The van der Waals surface area contributed by atoms with Crippen molar-refractivity contribution in [3.8, 4) is 0 Å². The van der Waals surface area contributed by atoms with E-state index >= 15 is 0 Å². The molecule has 17 heavy (non-hydrogen) atoms. The van der Waals surface area contributed by atoms with Gasteiger partial charge in [-0.1, -0.05) is 75.6 Å². The van der Waals surface area contributed by atoms with Gasteiger partial charge in [-0.15, -0.1) is 0 Å². The zero-order valence-electron chi connectivity index (χ0n) is 10.5. The van der Waals surface area contributed by atoms with Gasteiger partial charge in [-0.25, -0.2) is 0 Å². The second-order valence-electron chi connectivity index (χ2n) is 3.66. The van der Waals surface area contributed by atoms with E-state index in [4.69, 9.17) is 11.6 Å². The van der Waals surface area contributed by atoms with Crippen LogP contribution < -0.4 is 0 Å². The Balaban J connectivity index is 0.000000302. The summed E-state index contributed by atoms with van der Waals surface area (Å²) in [6.45, 7) is 9.67. The lowest BCUT2D eigenvalue weighted by Crippen LogP contribution is -1.66. The summed E-state index contributed by atoms with van der Waals surface area (Å²) in [6, 6.07) is 7.75. The molecule has 2 heteroatoms. The second-order valence-corrected chi connectivity index (χ2v) is 5.35. The molecule has 0 bridgehead atoms. The molecule has 0 unspecified atom stereocenters. The van der Waals surface area contributed by atoms with Crippen molar-refractivity contribution in [3.63, 3.8) is 0 Å². The Morgan fingerprint density at radius 2 is 1.71 bits per heavy atom. The quantitative estimate of drug-likeness (QED) is 0.582. The van der Waals surface area contributed by atoms with Crippen molar-refractivity contribution in [2.45, 2.75) is 20.8 Å². The Morgan fingerprint density at radius 3 is 2.06 bits per heavy atom. The molecule has 0 aliphatic heterocycles. The largest absolute Gasteiger partial charge is 0.0988 e. The normalized spacial score (nSPS) is 11.6. The fourth-order valence-electron chi connectivity index (χ4n) is 0.848. The number of hydrogen-bond acceptors (Lipinski definition) is 0. The lowest BCUT2D eigenvalue weighted by Gasteiger charge is -1.88. The summed E-state index contributed by atoms with van der Waals surface area (Å²) < 4.78 is 1.13. The minimum absolute atomic E-state index is 0.801. The third kappa shape index (κ3) is 10.1. The lowest BCUT2D eigenvalue weighted by molar-refractivity contribution is 1.48. The number of rotatable bonds is 2. The second kappa shape index (κ2) is 9.26. The molecule has 0 amide bonds. The Labute approximate surface area is 118 Å². The van der Waals surface area contributed by atoms with Crippen LogP contribution in [-0.2, 0) is 0 Å². The van der Waals surface area contributed by atoms with Crippen LogP contribution in [0.15, 0.2) is 59.1 Å². The summed E-state index contributed by atoms with van der Waals surface area (Å²) in [6.07, 6.45) is 5.83. The average Bonchev–Trinajstić information content (AvgIpc) is 2.30. The van der Waals surface area contributed by atoms with E-state index in [1.165, 1.54) is 11.1 Å². The smallest absolute Gasteiger partial charge is 0.0406 e.